The Labute approximate surface area is 123 Å². The van der Waals surface area contributed by atoms with Crippen molar-refractivity contribution >= 4 is 22.4 Å². The second-order valence-corrected chi connectivity index (χ2v) is 6.83. The number of nitrogens with zero attached hydrogens (tertiary/aromatic N) is 2. The fraction of sp³-hybridized carbons (Fsp3) is 0.769. The van der Waals surface area contributed by atoms with Crippen molar-refractivity contribution in [3.8, 4) is 0 Å². The highest BCUT2D eigenvalue weighted by atomic mass is 35.5. The summed E-state index contributed by atoms with van der Waals surface area (Å²) >= 11 is 6.33. The summed E-state index contributed by atoms with van der Waals surface area (Å²) in [5.74, 6) is 0. The average Bonchev–Trinajstić information content (AvgIpc) is 2.70. The summed E-state index contributed by atoms with van der Waals surface area (Å²) in [6, 6.07) is 0. The highest BCUT2D eigenvalue weighted by Gasteiger charge is 2.13. The summed E-state index contributed by atoms with van der Waals surface area (Å²) in [5.41, 5.74) is 2.01. The second-order valence-electron chi connectivity index (χ2n) is 4.65. The summed E-state index contributed by atoms with van der Waals surface area (Å²) in [4.78, 5) is 0. The van der Waals surface area contributed by atoms with E-state index in [0.29, 0.717) is 6.54 Å². The van der Waals surface area contributed by atoms with Gasteiger partial charge in [0.1, 0.15) is 0 Å². The number of rotatable bonds is 8. The fourth-order valence-electron chi connectivity index (χ4n) is 1.86. The first-order valence-electron chi connectivity index (χ1n) is 6.78. The van der Waals surface area contributed by atoms with E-state index in [0.717, 1.165) is 42.3 Å². The molecular formula is C13H24ClN3OS. The van der Waals surface area contributed by atoms with Gasteiger partial charge in [-0.25, -0.2) is 0 Å². The quantitative estimate of drug-likeness (QED) is 0.750. The van der Waals surface area contributed by atoms with Crippen LogP contribution in [0.4, 0.5) is 0 Å². The van der Waals surface area contributed by atoms with E-state index in [2.05, 4.69) is 24.3 Å². The van der Waals surface area contributed by atoms with Crippen molar-refractivity contribution in [2.24, 2.45) is 0 Å². The molecule has 0 bridgehead atoms. The highest BCUT2D eigenvalue weighted by Crippen LogP contribution is 2.21. The largest absolute Gasteiger partial charge is 0.311 e. The molecular weight excluding hydrogens is 282 g/mol. The van der Waals surface area contributed by atoms with Gasteiger partial charge in [0, 0.05) is 35.4 Å². The van der Waals surface area contributed by atoms with Crippen LogP contribution in [0.1, 0.15) is 38.6 Å². The molecule has 110 valence electrons. The minimum atomic E-state index is -0.750. The Morgan fingerprint density at radius 3 is 2.68 bits per heavy atom. The Balaban J connectivity index is 2.53. The average molecular weight is 306 g/mol. The maximum Gasteiger partial charge on any atom is 0.0863 e. The van der Waals surface area contributed by atoms with Crippen molar-refractivity contribution in [1.29, 1.82) is 0 Å². The number of aryl methyl sites for hydroxylation is 2. The zero-order valence-corrected chi connectivity index (χ0v) is 13.8. The van der Waals surface area contributed by atoms with Crippen molar-refractivity contribution < 1.29 is 4.21 Å². The maximum absolute atomic E-state index is 11.3. The highest BCUT2D eigenvalue weighted by molar-refractivity contribution is 7.84. The molecule has 19 heavy (non-hydrogen) atoms. The van der Waals surface area contributed by atoms with Crippen LogP contribution in [0, 0.1) is 0 Å². The lowest BCUT2D eigenvalue weighted by Gasteiger charge is -2.10. The van der Waals surface area contributed by atoms with Gasteiger partial charge in [-0.1, -0.05) is 25.4 Å². The molecule has 1 heterocycles. The van der Waals surface area contributed by atoms with Crippen molar-refractivity contribution in [2.75, 3.05) is 12.8 Å². The van der Waals surface area contributed by atoms with Gasteiger partial charge in [0.2, 0.25) is 0 Å². The summed E-state index contributed by atoms with van der Waals surface area (Å²) in [7, 11) is -0.750. The second kappa shape index (κ2) is 8.02. The van der Waals surface area contributed by atoms with Crippen molar-refractivity contribution in [2.45, 2.75) is 52.0 Å². The Hall–Kier alpha value is -0.390. The smallest absolute Gasteiger partial charge is 0.0863 e. The Morgan fingerprint density at radius 2 is 2.16 bits per heavy atom. The van der Waals surface area contributed by atoms with Gasteiger partial charge in [0.05, 0.1) is 16.4 Å². The van der Waals surface area contributed by atoms with Gasteiger partial charge in [0.25, 0.3) is 0 Å². The standard InChI is InChI=1S/C13H24ClN3OS/c1-5-11-13(14)12(17(6-2)16-11)9-15-8-7-10(3)19(4)18/h10,15H,5-9H2,1-4H3. The Morgan fingerprint density at radius 1 is 1.47 bits per heavy atom. The van der Waals surface area contributed by atoms with Crippen LogP contribution in [0.2, 0.25) is 5.02 Å². The third-order valence-corrected chi connectivity index (χ3v) is 5.09. The number of hydrogen-bond acceptors (Lipinski definition) is 3. The van der Waals surface area contributed by atoms with E-state index in [9.17, 15) is 4.21 Å². The van der Waals surface area contributed by atoms with E-state index in [1.54, 1.807) is 6.26 Å². The van der Waals surface area contributed by atoms with Crippen LogP contribution in [0.15, 0.2) is 0 Å². The molecule has 0 aliphatic rings. The molecule has 0 aliphatic carbocycles. The van der Waals surface area contributed by atoms with E-state index in [1.165, 1.54) is 0 Å². The van der Waals surface area contributed by atoms with E-state index in [4.69, 9.17) is 11.6 Å². The number of hydrogen-bond donors (Lipinski definition) is 1. The topological polar surface area (TPSA) is 46.9 Å². The van der Waals surface area contributed by atoms with E-state index >= 15 is 0 Å². The first kappa shape index (κ1) is 16.7. The molecule has 4 nitrogen and oxygen atoms in total. The molecule has 0 saturated carbocycles. The van der Waals surface area contributed by atoms with Crippen LogP contribution in [0.25, 0.3) is 0 Å². The lowest BCUT2D eigenvalue weighted by Crippen LogP contribution is -2.22. The maximum atomic E-state index is 11.3. The summed E-state index contributed by atoms with van der Waals surface area (Å²) in [6.45, 7) is 8.51. The van der Waals surface area contributed by atoms with Crippen molar-refractivity contribution in [3.63, 3.8) is 0 Å². The van der Waals surface area contributed by atoms with Gasteiger partial charge in [-0.15, -0.1) is 0 Å². The van der Waals surface area contributed by atoms with E-state index < -0.39 is 10.8 Å². The molecule has 0 radical (unpaired) electrons. The van der Waals surface area contributed by atoms with Gasteiger partial charge in [0.15, 0.2) is 0 Å². The Bertz CT molecular complexity index is 434. The molecule has 2 atom stereocenters. The number of aromatic nitrogens is 2. The third-order valence-electron chi connectivity index (χ3n) is 3.28. The summed E-state index contributed by atoms with van der Waals surface area (Å²) < 4.78 is 13.2. The SMILES string of the molecule is CCc1nn(CC)c(CNCCC(C)S(C)=O)c1Cl. The molecule has 0 aromatic carbocycles. The van der Waals surface area contributed by atoms with Crippen LogP contribution in [0.3, 0.4) is 0 Å². The Kier molecular flexibility index (Phi) is 7.04. The third kappa shape index (κ3) is 4.58. The molecule has 0 saturated heterocycles. The molecule has 0 spiro atoms. The molecule has 1 N–H and O–H groups in total. The van der Waals surface area contributed by atoms with Crippen LogP contribution in [0.5, 0.6) is 0 Å². The molecule has 0 fully saturated rings. The lowest BCUT2D eigenvalue weighted by molar-refractivity contribution is 0.567. The predicted molar refractivity (Wildman–Crippen MR) is 82.1 cm³/mol. The normalized spacial score (nSPS) is 14.6. The van der Waals surface area contributed by atoms with Crippen LogP contribution in [-0.4, -0.2) is 32.0 Å². The summed E-state index contributed by atoms with van der Waals surface area (Å²) in [5, 5.41) is 8.85. The number of halogens is 1. The molecule has 2 unspecified atom stereocenters. The van der Waals surface area contributed by atoms with Crippen molar-refractivity contribution in [1.82, 2.24) is 15.1 Å². The fourth-order valence-corrected chi connectivity index (χ4v) is 2.65. The predicted octanol–water partition coefficient (Wildman–Crippen LogP) is 2.37. The minimum Gasteiger partial charge on any atom is -0.311 e. The molecule has 0 amide bonds. The zero-order valence-electron chi connectivity index (χ0n) is 12.2. The molecule has 6 heteroatoms. The van der Waals surface area contributed by atoms with Crippen molar-refractivity contribution in [3.05, 3.63) is 16.4 Å². The first-order chi connectivity index (χ1) is 9.01. The first-order valence-corrected chi connectivity index (χ1v) is 8.78. The molecule has 1 aromatic heterocycles. The molecule has 1 aromatic rings. The van der Waals surface area contributed by atoms with Gasteiger partial charge in [-0.3, -0.25) is 8.89 Å². The van der Waals surface area contributed by atoms with Crippen LogP contribution in [-0.2, 0) is 30.3 Å². The van der Waals surface area contributed by atoms with Crippen LogP contribution < -0.4 is 5.32 Å². The summed E-state index contributed by atoms with van der Waals surface area (Å²) in [6.07, 6.45) is 3.51. The lowest BCUT2D eigenvalue weighted by atomic mass is 10.3. The molecule has 1 rings (SSSR count). The number of nitrogens with one attached hydrogen (secondary N) is 1. The van der Waals surface area contributed by atoms with E-state index in [-0.39, 0.29) is 5.25 Å². The monoisotopic (exact) mass is 305 g/mol. The van der Waals surface area contributed by atoms with Gasteiger partial charge in [-0.05, 0) is 26.3 Å². The van der Waals surface area contributed by atoms with Gasteiger partial charge >= 0.3 is 0 Å². The van der Waals surface area contributed by atoms with E-state index in [1.807, 2.05) is 11.6 Å². The van der Waals surface area contributed by atoms with Gasteiger partial charge < -0.3 is 5.32 Å². The zero-order chi connectivity index (χ0) is 14.4. The van der Waals surface area contributed by atoms with Crippen LogP contribution >= 0.6 is 11.6 Å². The van der Waals surface area contributed by atoms with Gasteiger partial charge in [-0.2, -0.15) is 5.10 Å². The molecule has 0 aliphatic heterocycles. The minimum absolute atomic E-state index is 0.227.